The molecular weight excluding hydrogens is 184 g/mol. The van der Waals surface area contributed by atoms with E-state index in [1.54, 1.807) is 0 Å². The van der Waals surface area contributed by atoms with Crippen molar-refractivity contribution in [2.24, 2.45) is 0 Å². The predicted octanol–water partition coefficient (Wildman–Crippen LogP) is 2.90. The Morgan fingerprint density at radius 2 is 2.15 bits per heavy atom. The van der Waals surface area contributed by atoms with Crippen LogP contribution in [0.15, 0.2) is 18.2 Å². The lowest BCUT2D eigenvalue weighted by molar-refractivity contribution is -0.152. The van der Waals surface area contributed by atoms with Crippen molar-refractivity contribution in [2.45, 2.75) is 24.9 Å². The molecule has 1 nitrogen and oxygen atoms in total. The normalized spacial score (nSPS) is 30.2. The fourth-order valence-corrected chi connectivity index (χ4v) is 2.59. The first-order valence-electron chi connectivity index (χ1n) is 4.73. The fourth-order valence-electron chi connectivity index (χ4n) is 2.42. The molecule has 1 aliphatic heterocycles. The van der Waals surface area contributed by atoms with Crippen LogP contribution in [-0.4, -0.2) is 6.61 Å². The number of halogens is 1. The molecule has 1 atom stereocenters. The van der Waals surface area contributed by atoms with Gasteiger partial charge in [-0.1, -0.05) is 17.7 Å². The summed E-state index contributed by atoms with van der Waals surface area (Å²) >= 11 is 5.98. The summed E-state index contributed by atoms with van der Waals surface area (Å²) in [5, 5.41) is 0.829. The zero-order chi connectivity index (χ0) is 8.89. The molecule has 1 aromatic carbocycles. The lowest BCUT2D eigenvalue weighted by atomic mass is 9.88. The standard InChI is InChI=1S/C11H11ClO/c12-9-2-1-8-3-4-11(5-6-13-11)10(8)7-9/h1-2,7H,3-6H2. The van der Waals surface area contributed by atoms with E-state index in [0.29, 0.717) is 0 Å². The predicted molar refractivity (Wildman–Crippen MR) is 52.0 cm³/mol. The molecule has 2 aliphatic rings. The molecule has 0 amide bonds. The van der Waals surface area contributed by atoms with Crippen LogP contribution >= 0.6 is 11.6 Å². The third-order valence-corrected chi connectivity index (χ3v) is 3.48. The van der Waals surface area contributed by atoms with Gasteiger partial charge in [-0.2, -0.15) is 0 Å². The molecule has 1 spiro atoms. The largest absolute Gasteiger partial charge is 0.370 e. The smallest absolute Gasteiger partial charge is 0.0959 e. The fraction of sp³-hybridized carbons (Fsp3) is 0.455. The minimum atomic E-state index is 0.0558. The van der Waals surface area contributed by atoms with Gasteiger partial charge in [0.2, 0.25) is 0 Å². The van der Waals surface area contributed by atoms with Crippen molar-refractivity contribution >= 4 is 11.6 Å². The molecule has 0 bridgehead atoms. The molecule has 2 heteroatoms. The van der Waals surface area contributed by atoms with Gasteiger partial charge in [-0.25, -0.2) is 0 Å². The first-order valence-corrected chi connectivity index (χ1v) is 5.11. The molecule has 1 unspecified atom stereocenters. The van der Waals surface area contributed by atoms with Crippen molar-refractivity contribution in [1.82, 2.24) is 0 Å². The molecule has 1 aromatic rings. The van der Waals surface area contributed by atoms with E-state index in [-0.39, 0.29) is 5.60 Å². The quantitative estimate of drug-likeness (QED) is 0.617. The van der Waals surface area contributed by atoms with Gasteiger partial charge in [-0.15, -0.1) is 0 Å². The summed E-state index contributed by atoms with van der Waals surface area (Å²) in [6.07, 6.45) is 3.45. The van der Waals surface area contributed by atoms with E-state index in [1.807, 2.05) is 6.07 Å². The number of rotatable bonds is 0. The van der Waals surface area contributed by atoms with Gasteiger partial charge in [-0.05, 0) is 36.1 Å². The molecule has 0 radical (unpaired) electrons. The highest BCUT2D eigenvalue weighted by Gasteiger charge is 2.44. The molecule has 13 heavy (non-hydrogen) atoms. The van der Waals surface area contributed by atoms with Crippen LogP contribution < -0.4 is 0 Å². The molecule has 1 aliphatic carbocycles. The maximum atomic E-state index is 5.98. The molecule has 1 fully saturated rings. The minimum absolute atomic E-state index is 0.0558. The van der Waals surface area contributed by atoms with Crippen LogP contribution in [0.5, 0.6) is 0 Å². The molecule has 0 saturated carbocycles. The SMILES string of the molecule is Clc1ccc2c(c1)C1(CCO1)CC2. The summed E-state index contributed by atoms with van der Waals surface area (Å²) in [6.45, 7) is 0.909. The highest BCUT2D eigenvalue weighted by Crippen LogP contribution is 2.48. The van der Waals surface area contributed by atoms with Crippen molar-refractivity contribution in [3.8, 4) is 0 Å². The molecular formula is C11H11ClO. The van der Waals surface area contributed by atoms with Crippen LogP contribution in [-0.2, 0) is 16.8 Å². The van der Waals surface area contributed by atoms with E-state index in [0.717, 1.165) is 24.5 Å². The van der Waals surface area contributed by atoms with Gasteiger partial charge in [-0.3, -0.25) is 0 Å². The average molecular weight is 195 g/mol. The van der Waals surface area contributed by atoms with Crippen LogP contribution in [0.3, 0.4) is 0 Å². The van der Waals surface area contributed by atoms with Crippen molar-refractivity contribution < 1.29 is 4.74 Å². The van der Waals surface area contributed by atoms with E-state index in [1.165, 1.54) is 17.5 Å². The van der Waals surface area contributed by atoms with Gasteiger partial charge in [0.25, 0.3) is 0 Å². The van der Waals surface area contributed by atoms with E-state index in [4.69, 9.17) is 16.3 Å². The topological polar surface area (TPSA) is 9.23 Å². The minimum Gasteiger partial charge on any atom is -0.370 e. The molecule has 1 saturated heterocycles. The third kappa shape index (κ3) is 0.976. The Labute approximate surface area is 82.7 Å². The first kappa shape index (κ1) is 7.84. The summed E-state index contributed by atoms with van der Waals surface area (Å²) in [6, 6.07) is 6.18. The van der Waals surface area contributed by atoms with Crippen molar-refractivity contribution in [2.75, 3.05) is 6.61 Å². The molecule has 1 heterocycles. The second-order valence-electron chi connectivity index (χ2n) is 3.89. The zero-order valence-electron chi connectivity index (χ0n) is 7.35. The Morgan fingerprint density at radius 1 is 1.31 bits per heavy atom. The van der Waals surface area contributed by atoms with Gasteiger partial charge < -0.3 is 4.74 Å². The third-order valence-electron chi connectivity index (χ3n) is 3.25. The lowest BCUT2D eigenvalue weighted by Gasteiger charge is -2.39. The summed E-state index contributed by atoms with van der Waals surface area (Å²) in [7, 11) is 0. The Hall–Kier alpha value is -0.530. The Kier molecular flexibility index (Phi) is 1.50. The number of hydrogen-bond acceptors (Lipinski definition) is 1. The summed E-state index contributed by atoms with van der Waals surface area (Å²) in [5.41, 5.74) is 2.82. The van der Waals surface area contributed by atoms with E-state index >= 15 is 0 Å². The highest BCUT2D eigenvalue weighted by molar-refractivity contribution is 6.30. The molecule has 0 aromatic heterocycles. The van der Waals surface area contributed by atoms with Crippen LogP contribution in [0.2, 0.25) is 5.02 Å². The van der Waals surface area contributed by atoms with Gasteiger partial charge in [0.05, 0.1) is 12.2 Å². The van der Waals surface area contributed by atoms with Crippen molar-refractivity contribution in [3.63, 3.8) is 0 Å². The van der Waals surface area contributed by atoms with Crippen LogP contribution in [0.4, 0.5) is 0 Å². The lowest BCUT2D eigenvalue weighted by Crippen LogP contribution is -2.38. The number of ether oxygens (including phenoxy) is 1. The van der Waals surface area contributed by atoms with Crippen LogP contribution in [0.25, 0.3) is 0 Å². The number of benzene rings is 1. The molecule has 68 valence electrons. The average Bonchev–Trinajstić information content (AvgIpc) is 2.41. The van der Waals surface area contributed by atoms with Crippen LogP contribution in [0, 0.1) is 0 Å². The van der Waals surface area contributed by atoms with Gasteiger partial charge in [0.15, 0.2) is 0 Å². The Morgan fingerprint density at radius 3 is 2.85 bits per heavy atom. The van der Waals surface area contributed by atoms with E-state index in [2.05, 4.69) is 12.1 Å². The maximum absolute atomic E-state index is 5.98. The Balaban J connectivity index is 2.14. The second-order valence-corrected chi connectivity index (χ2v) is 4.33. The molecule has 0 N–H and O–H groups in total. The maximum Gasteiger partial charge on any atom is 0.0959 e. The monoisotopic (exact) mass is 194 g/mol. The number of fused-ring (bicyclic) bond motifs is 2. The van der Waals surface area contributed by atoms with E-state index in [9.17, 15) is 0 Å². The Bertz CT molecular complexity index is 355. The van der Waals surface area contributed by atoms with Gasteiger partial charge >= 0.3 is 0 Å². The summed E-state index contributed by atoms with van der Waals surface area (Å²) < 4.78 is 5.70. The van der Waals surface area contributed by atoms with Crippen molar-refractivity contribution in [3.05, 3.63) is 34.3 Å². The zero-order valence-corrected chi connectivity index (χ0v) is 8.10. The van der Waals surface area contributed by atoms with E-state index < -0.39 is 0 Å². The van der Waals surface area contributed by atoms with Gasteiger partial charge in [0, 0.05) is 11.4 Å². The van der Waals surface area contributed by atoms with Crippen LogP contribution in [0.1, 0.15) is 24.0 Å². The van der Waals surface area contributed by atoms with Gasteiger partial charge in [0.1, 0.15) is 0 Å². The number of hydrogen-bond donors (Lipinski definition) is 0. The summed E-state index contributed by atoms with van der Waals surface area (Å²) in [4.78, 5) is 0. The second kappa shape index (κ2) is 2.49. The molecule has 3 rings (SSSR count). The highest BCUT2D eigenvalue weighted by atomic mass is 35.5. The number of aryl methyl sites for hydroxylation is 1. The first-order chi connectivity index (χ1) is 6.30. The van der Waals surface area contributed by atoms with Crippen molar-refractivity contribution in [1.29, 1.82) is 0 Å². The summed E-state index contributed by atoms with van der Waals surface area (Å²) in [5.74, 6) is 0.